The lowest BCUT2D eigenvalue weighted by Crippen LogP contribution is -2.29. The topological polar surface area (TPSA) is 108 Å². The largest absolute Gasteiger partial charge is 0.472 e. The number of rotatable bonds is 37. The van der Waals surface area contributed by atoms with Crippen LogP contribution in [-0.2, 0) is 32.7 Å². The van der Waals surface area contributed by atoms with Gasteiger partial charge in [-0.3, -0.25) is 18.6 Å². The standard InChI is InChI=1S/C42H75O8P/c1-4-6-8-10-12-14-16-18-20-21-23-24-26-28-30-32-34-36-41(43)48-38-40(39-49-51(45,46)47-3)50-42(44)37-35-33-31-29-27-25-22-19-17-15-13-11-9-7-5-2/h7,9,13,15,19,22,27,29,40H,4-6,8,10-12,14,16-18,20-21,23-26,28,30-39H2,1-3H3,(H,45,46)/b9-7-,15-13-,22-19-,29-27-. The molecule has 0 aliphatic carbocycles. The summed E-state index contributed by atoms with van der Waals surface area (Å²) in [5, 5.41) is 0. The molecule has 0 aromatic heterocycles. The first-order chi connectivity index (χ1) is 24.8. The van der Waals surface area contributed by atoms with Crippen molar-refractivity contribution in [1.29, 1.82) is 0 Å². The normalized spacial score (nSPS) is 13.9. The van der Waals surface area contributed by atoms with Crippen LogP contribution in [0, 0.1) is 0 Å². The maximum absolute atomic E-state index is 12.5. The number of hydrogen-bond acceptors (Lipinski definition) is 7. The van der Waals surface area contributed by atoms with E-state index in [9.17, 15) is 19.0 Å². The van der Waals surface area contributed by atoms with Crippen LogP contribution in [-0.4, -0.2) is 43.3 Å². The molecule has 0 amide bonds. The summed E-state index contributed by atoms with van der Waals surface area (Å²) in [5.74, 6) is -0.850. The molecule has 0 aromatic carbocycles. The number of ether oxygens (including phenoxy) is 2. The lowest BCUT2D eigenvalue weighted by Gasteiger charge is -2.19. The Morgan fingerprint density at radius 1 is 0.569 bits per heavy atom. The van der Waals surface area contributed by atoms with Crippen LogP contribution in [0.4, 0.5) is 0 Å². The quantitative estimate of drug-likeness (QED) is 0.0290. The van der Waals surface area contributed by atoms with E-state index in [0.717, 1.165) is 64.9 Å². The van der Waals surface area contributed by atoms with Gasteiger partial charge in [0, 0.05) is 20.0 Å². The third kappa shape index (κ3) is 37.6. The number of unbranched alkanes of at least 4 members (excludes halogenated alkanes) is 18. The van der Waals surface area contributed by atoms with Crippen LogP contribution >= 0.6 is 7.82 Å². The van der Waals surface area contributed by atoms with Crippen molar-refractivity contribution in [2.75, 3.05) is 20.3 Å². The Morgan fingerprint density at radius 2 is 1.00 bits per heavy atom. The molecule has 0 rings (SSSR count). The van der Waals surface area contributed by atoms with E-state index < -0.39 is 26.5 Å². The number of esters is 2. The molecule has 1 N–H and O–H groups in total. The van der Waals surface area contributed by atoms with Crippen molar-refractivity contribution in [3.8, 4) is 0 Å². The van der Waals surface area contributed by atoms with Crippen molar-refractivity contribution in [1.82, 2.24) is 0 Å². The molecule has 0 aromatic rings. The lowest BCUT2D eigenvalue weighted by atomic mass is 10.0. The lowest BCUT2D eigenvalue weighted by molar-refractivity contribution is -0.161. The second-order valence-electron chi connectivity index (χ2n) is 13.4. The Labute approximate surface area is 312 Å². The molecule has 2 unspecified atom stereocenters. The van der Waals surface area contributed by atoms with Gasteiger partial charge < -0.3 is 14.4 Å². The van der Waals surface area contributed by atoms with Gasteiger partial charge >= 0.3 is 19.8 Å². The van der Waals surface area contributed by atoms with Gasteiger partial charge in [-0.2, -0.15) is 0 Å². The first-order valence-electron chi connectivity index (χ1n) is 20.3. The summed E-state index contributed by atoms with van der Waals surface area (Å²) in [4.78, 5) is 34.4. The van der Waals surface area contributed by atoms with Gasteiger partial charge in [-0.15, -0.1) is 0 Å². The number of carbonyl (C=O) groups is 2. The molecule has 0 radical (unpaired) electrons. The predicted octanol–water partition coefficient (Wildman–Crippen LogP) is 12.6. The van der Waals surface area contributed by atoms with E-state index in [-0.39, 0.29) is 25.4 Å². The van der Waals surface area contributed by atoms with Gasteiger partial charge in [0.2, 0.25) is 0 Å². The molecule has 0 fully saturated rings. The summed E-state index contributed by atoms with van der Waals surface area (Å²) in [7, 11) is -3.22. The fourth-order valence-corrected chi connectivity index (χ4v) is 5.93. The Morgan fingerprint density at radius 3 is 1.49 bits per heavy atom. The summed E-state index contributed by atoms with van der Waals surface area (Å²) < 4.78 is 31.9. The summed E-state index contributed by atoms with van der Waals surface area (Å²) >= 11 is 0. The van der Waals surface area contributed by atoms with Crippen LogP contribution in [0.15, 0.2) is 48.6 Å². The van der Waals surface area contributed by atoms with Crippen molar-refractivity contribution in [3.05, 3.63) is 48.6 Å². The van der Waals surface area contributed by atoms with E-state index in [2.05, 4.69) is 67.0 Å². The van der Waals surface area contributed by atoms with Crippen LogP contribution in [0.3, 0.4) is 0 Å². The maximum atomic E-state index is 12.5. The van der Waals surface area contributed by atoms with Crippen LogP contribution in [0.1, 0.15) is 181 Å². The van der Waals surface area contributed by atoms with Gasteiger partial charge in [0.25, 0.3) is 0 Å². The average molecular weight is 739 g/mol. The zero-order valence-corrected chi connectivity index (χ0v) is 33.6. The smallest absolute Gasteiger partial charge is 0.462 e. The molecule has 0 saturated carbocycles. The highest BCUT2D eigenvalue weighted by Crippen LogP contribution is 2.42. The first kappa shape index (κ1) is 49.0. The molecule has 8 nitrogen and oxygen atoms in total. The van der Waals surface area contributed by atoms with Crippen molar-refractivity contribution in [2.45, 2.75) is 187 Å². The minimum Gasteiger partial charge on any atom is -0.462 e. The highest BCUT2D eigenvalue weighted by molar-refractivity contribution is 7.47. The summed E-state index contributed by atoms with van der Waals surface area (Å²) in [6, 6.07) is 0. The zero-order chi connectivity index (χ0) is 37.5. The van der Waals surface area contributed by atoms with Gasteiger partial charge in [-0.25, -0.2) is 4.57 Å². The molecule has 0 heterocycles. The van der Waals surface area contributed by atoms with Gasteiger partial charge in [0.1, 0.15) is 6.61 Å². The molecule has 0 aliphatic rings. The molecule has 0 aliphatic heterocycles. The number of carbonyl (C=O) groups excluding carboxylic acids is 2. The fourth-order valence-electron chi connectivity index (χ4n) is 5.47. The van der Waals surface area contributed by atoms with Gasteiger partial charge in [0.05, 0.1) is 6.61 Å². The molecular weight excluding hydrogens is 663 g/mol. The summed E-state index contributed by atoms with van der Waals surface area (Å²) in [6.45, 7) is 3.74. The minimum absolute atomic E-state index is 0.193. The molecule has 0 bridgehead atoms. The van der Waals surface area contributed by atoms with Crippen LogP contribution in [0.2, 0.25) is 0 Å². The maximum Gasteiger partial charge on any atom is 0.472 e. The summed E-state index contributed by atoms with van der Waals surface area (Å²) in [5.41, 5.74) is 0. The molecule has 51 heavy (non-hydrogen) atoms. The SMILES string of the molecule is CC/C=C\C/C=C\C/C=C\C/C=C\CCCCC(=O)OC(COC(=O)CCCCCCCCCCCCCCCCCCC)COP(=O)(O)OC. The van der Waals surface area contributed by atoms with Crippen molar-refractivity contribution in [3.63, 3.8) is 0 Å². The number of hydrogen-bond donors (Lipinski definition) is 1. The Hall–Kier alpha value is -1.99. The van der Waals surface area contributed by atoms with E-state index in [4.69, 9.17) is 14.0 Å². The van der Waals surface area contributed by atoms with Crippen LogP contribution in [0.25, 0.3) is 0 Å². The van der Waals surface area contributed by atoms with E-state index in [1.807, 2.05) is 0 Å². The number of phosphoric ester groups is 1. The number of allylic oxidation sites excluding steroid dienone is 8. The minimum atomic E-state index is -4.27. The highest BCUT2D eigenvalue weighted by atomic mass is 31.2. The summed E-state index contributed by atoms with van der Waals surface area (Å²) in [6.07, 6.45) is 44.5. The molecule has 2 atom stereocenters. The number of phosphoric acid groups is 1. The van der Waals surface area contributed by atoms with Gasteiger partial charge in [-0.1, -0.05) is 165 Å². The Kier molecular flexibility index (Phi) is 36.3. The van der Waals surface area contributed by atoms with Gasteiger partial charge in [-0.05, 0) is 51.4 Å². The Bertz CT molecular complexity index is 974. The Balaban J connectivity index is 4.07. The van der Waals surface area contributed by atoms with E-state index in [1.54, 1.807) is 0 Å². The second kappa shape index (κ2) is 37.8. The van der Waals surface area contributed by atoms with Crippen molar-refractivity contribution < 1.29 is 37.6 Å². The molecular formula is C42H75O8P. The molecule has 296 valence electrons. The second-order valence-corrected chi connectivity index (χ2v) is 15.0. The zero-order valence-electron chi connectivity index (χ0n) is 32.7. The average Bonchev–Trinajstić information content (AvgIpc) is 3.12. The van der Waals surface area contributed by atoms with Crippen molar-refractivity contribution >= 4 is 19.8 Å². The predicted molar refractivity (Wildman–Crippen MR) is 212 cm³/mol. The molecule has 9 heteroatoms. The van der Waals surface area contributed by atoms with E-state index in [1.165, 1.54) is 89.9 Å². The van der Waals surface area contributed by atoms with E-state index in [0.29, 0.717) is 6.42 Å². The van der Waals surface area contributed by atoms with Crippen LogP contribution < -0.4 is 0 Å². The molecule has 0 spiro atoms. The fraction of sp³-hybridized carbons (Fsp3) is 0.762. The molecule has 0 saturated heterocycles. The highest BCUT2D eigenvalue weighted by Gasteiger charge is 2.24. The third-order valence-electron chi connectivity index (χ3n) is 8.59. The van der Waals surface area contributed by atoms with Gasteiger partial charge in [0.15, 0.2) is 6.10 Å². The van der Waals surface area contributed by atoms with Crippen molar-refractivity contribution in [2.24, 2.45) is 0 Å². The first-order valence-corrected chi connectivity index (χ1v) is 21.8. The monoisotopic (exact) mass is 739 g/mol. The van der Waals surface area contributed by atoms with Crippen LogP contribution in [0.5, 0.6) is 0 Å². The van der Waals surface area contributed by atoms with E-state index >= 15 is 0 Å². The third-order valence-corrected chi connectivity index (χ3v) is 9.52.